The van der Waals surface area contributed by atoms with Gasteiger partial charge in [-0.1, -0.05) is 17.8 Å². The number of ether oxygens (including phenoxy) is 1. The first-order valence-electron chi connectivity index (χ1n) is 6.83. The number of aliphatic hydroxyl groups is 1. The maximum atomic E-state index is 9.96. The SMILES string of the molecule is Cc1cnc(SCC(O)COc2cc(C)cc(C)c2)nc1. The van der Waals surface area contributed by atoms with Crippen LogP contribution in [0.3, 0.4) is 0 Å². The molecule has 0 saturated heterocycles. The average molecular weight is 304 g/mol. The molecule has 1 N–H and O–H groups in total. The number of aryl methyl sites for hydroxylation is 3. The van der Waals surface area contributed by atoms with Gasteiger partial charge in [0.1, 0.15) is 12.4 Å². The Bertz CT molecular complexity index is 567. The normalized spacial score (nSPS) is 12.2. The molecule has 0 radical (unpaired) electrons. The van der Waals surface area contributed by atoms with Gasteiger partial charge in [-0.3, -0.25) is 0 Å². The van der Waals surface area contributed by atoms with E-state index >= 15 is 0 Å². The second-order valence-electron chi connectivity index (χ2n) is 5.14. The zero-order chi connectivity index (χ0) is 15.2. The smallest absolute Gasteiger partial charge is 0.187 e. The van der Waals surface area contributed by atoms with E-state index < -0.39 is 6.10 Å². The molecule has 1 aromatic heterocycles. The van der Waals surface area contributed by atoms with Crippen LogP contribution in [0.15, 0.2) is 35.7 Å². The number of hydrogen-bond acceptors (Lipinski definition) is 5. The summed E-state index contributed by atoms with van der Waals surface area (Å²) in [5.74, 6) is 1.30. The Labute approximate surface area is 129 Å². The molecular formula is C16H20N2O2S. The van der Waals surface area contributed by atoms with Crippen LogP contribution >= 0.6 is 11.8 Å². The first-order valence-corrected chi connectivity index (χ1v) is 7.82. The molecule has 0 bridgehead atoms. The van der Waals surface area contributed by atoms with Gasteiger partial charge in [0, 0.05) is 18.1 Å². The fourth-order valence-corrected chi connectivity index (χ4v) is 2.57. The third kappa shape index (κ3) is 5.36. The van der Waals surface area contributed by atoms with Crippen molar-refractivity contribution in [3.8, 4) is 5.75 Å². The highest BCUT2D eigenvalue weighted by atomic mass is 32.2. The molecular weight excluding hydrogens is 284 g/mol. The molecule has 0 aliphatic heterocycles. The number of benzene rings is 1. The van der Waals surface area contributed by atoms with Gasteiger partial charge in [-0.25, -0.2) is 9.97 Å². The molecule has 112 valence electrons. The van der Waals surface area contributed by atoms with Crippen LogP contribution in [0.5, 0.6) is 5.75 Å². The minimum absolute atomic E-state index is 0.266. The van der Waals surface area contributed by atoms with Crippen LogP contribution in [0, 0.1) is 20.8 Å². The zero-order valence-electron chi connectivity index (χ0n) is 12.5. The predicted octanol–water partition coefficient (Wildman–Crippen LogP) is 2.93. The maximum Gasteiger partial charge on any atom is 0.187 e. The van der Waals surface area contributed by atoms with Gasteiger partial charge in [-0.15, -0.1) is 0 Å². The summed E-state index contributed by atoms with van der Waals surface area (Å²) in [4.78, 5) is 8.38. The quantitative estimate of drug-likeness (QED) is 0.657. The standard InChI is InChI=1S/C16H20N2O2S/c1-11-4-12(2)6-15(5-11)20-9-14(19)10-21-16-17-7-13(3)8-18-16/h4-8,14,19H,9-10H2,1-3H3. The third-order valence-corrected chi connectivity index (χ3v) is 3.82. The Kier molecular flexibility index (Phi) is 5.59. The number of rotatable bonds is 6. The van der Waals surface area contributed by atoms with Crippen molar-refractivity contribution in [3.63, 3.8) is 0 Å². The molecule has 1 heterocycles. The Morgan fingerprint density at radius 1 is 1.05 bits per heavy atom. The molecule has 0 fully saturated rings. The molecule has 0 aliphatic carbocycles. The van der Waals surface area contributed by atoms with Gasteiger partial charge >= 0.3 is 0 Å². The minimum Gasteiger partial charge on any atom is -0.491 e. The Morgan fingerprint density at radius 2 is 1.67 bits per heavy atom. The lowest BCUT2D eigenvalue weighted by Gasteiger charge is -2.12. The number of nitrogens with zero attached hydrogens (tertiary/aromatic N) is 2. The van der Waals surface area contributed by atoms with E-state index in [-0.39, 0.29) is 6.61 Å². The summed E-state index contributed by atoms with van der Waals surface area (Å²) in [6.07, 6.45) is 2.99. The molecule has 0 aliphatic rings. The van der Waals surface area contributed by atoms with Crippen LogP contribution in [0.1, 0.15) is 16.7 Å². The van der Waals surface area contributed by atoms with Gasteiger partial charge in [-0.2, -0.15) is 0 Å². The van der Waals surface area contributed by atoms with Gasteiger partial charge in [-0.05, 0) is 49.6 Å². The van der Waals surface area contributed by atoms with Crippen LogP contribution in [0.2, 0.25) is 0 Å². The van der Waals surface area contributed by atoms with Crippen molar-refractivity contribution >= 4 is 11.8 Å². The first kappa shape index (κ1) is 15.8. The molecule has 4 nitrogen and oxygen atoms in total. The Morgan fingerprint density at radius 3 is 2.29 bits per heavy atom. The molecule has 1 aromatic carbocycles. The molecule has 2 rings (SSSR count). The van der Waals surface area contributed by atoms with E-state index in [2.05, 4.69) is 16.0 Å². The van der Waals surface area contributed by atoms with Crippen LogP contribution < -0.4 is 4.74 Å². The van der Waals surface area contributed by atoms with E-state index in [0.717, 1.165) is 22.4 Å². The van der Waals surface area contributed by atoms with E-state index in [4.69, 9.17) is 4.74 Å². The number of aliphatic hydroxyl groups excluding tert-OH is 1. The highest BCUT2D eigenvalue weighted by Gasteiger charge is 2.08. The molecule has 1 unspecified atom stereocenters. The zero-order valence-corrected chi connectivity index (χ0v) is 13.4. The van der Waals surface area contributed by atoms with Crippen molar-refractivity contribution in [3.05, 3.63) is 47.3 Å². The van der Waals surface area contributed by atoms with Crippen molar-refractivity contribution in [1.82, 2.24) is 9.97 Å². The van der Waals surface area contributed by atoms with Gasteiger partial charge in [0.15, 0.2) is 5.16 Å². The fourth-order valence-electron chi connectivity index (χ4n) is 1.88. The largest absolute Gasteiger partial charge is 0.491 e. The van der Waals surface area contributed by atoms with E-state index in [9.17, 15) is 5.11 Å². The minimum atomic E-state index is -0.555. The average Bonchev–Trinajstić information content (AvgIpc) is 2.43. The lowest BCUT2D eigenvalue weighted by molar-refractivity contribution is 0.126. The van der Waals surface area contributed by atoms with Gasteiger partial charge in [0.2, 0.25) is 0 Å². The van der Waals surface area contributed by atoms with Crippen molar-refractivity contribution in [2.24, 2.45) is 0 Å². The summed E-state index contributed by atoms with van der Waals surface area (Å²) in [6.45, 7) is 6.27. The second-order valence-corrected chi connectivity index (χ2v) is 6.13. The fraction of sp³-hybridized carbons (Fsp3) is 0.375. The summed E-state index contributed by atoms with van der Waals surface area (Å²) in [5, 5.41) is 10.6. The lowest BCUT2D eigenvalue weighted by atomic mass is 10.1. The monoisotopic (exact) mass is 304 g/mol. The van der Waals surface area contributed by atoms with E-state index in [1.54, 1.807) is 12.4 Å². The van der Waals surface area contributed by atoms with Crippen LogP contribution in [0.25, 0.3) is 0 Å². The number of thioether (sulfide) groups is 1. The first-order chi connectivity index (χ1) is 10.0. The maximum absolute atomic E-state index is 9.96. The number of hydrogen-bond donors (Lipinski definition) is 1. The molecule has 0 spiro atoms. The lowest BCUT2D eigenvalue weighted by Crippen LogP contribution is -2.20. The van der Waals surface area contributed by atoms with E-state index in [1.165, 1.54) is 11.8 Å². The van der Waals surface area contributed by atoms with Gasteiger partial charge in [0.25, 0.3) is 0 Å². The van der Waals surface area contributed by atoms with Crippen molar-refractivity contribution in [2.45, 2.75) is 32.0 Å². The number of aromatic nitrogens is 2. The topological polar surface area (TPSA) is 55.2 Å². The summed E-state index contributed by atoms with van der Waals surface area (Å²) in [5.41, 5.74) is 3.34. The molecule has 2 aromatic rings. The molecule has 21 heavy (non-hydrogen) atoms. The highest BCUT2D eigenvalue weighted by Crippen LogP contribution is 2.18. The van der Waals surface area contributed by atoms with Crippen molar-refractivity contribution in [1.29, 1.82) is 0 Å². The summed E-state index contributed by atoms with van der Waals surface area (Å²) < 4.78 is 5.63. The van der Waals surface area contributed by atoms with Crippen molar-refractivity contribution < 1.29 is 9.84 Å². The van der Waals surface area contributed by atoms with Crippen molar-refractivity contribution in [2.75, 3.05) is 12.4 Å². The third-order valence-electron chi connectivity index (χ3n) is 2.80. The highest BCUT2D eigenvalue weighted by molar-refractivity contribution is 7.99. The molecule has 0 saturated carbocycles. The molecule has 5 heteroatoms. The Hall–Kier alpha value is -1.59. The Balaban J connectivity index is 1.79. The predicted molar refractivity (Wildman–Crippen MR) is 84.9 cm³/mol. The van der Waals surface area contributed by atoms with Crippen LogP contribution in [-0.4, -0.2) is 33.5 Å². The van der Waals surface area contributed by atoms with Crippen LogP contribution in [0.4, 0.5) is 0 Å². The van der Waals surface area contributed by atoms with Gasteiger partial charge < -0.3 is 9.84 Å². The van der Waals surface area contributed by atoms with E-state index in [1.807, 2.05) is 32.9 Å². The van der Waals surface area contributed by atoms with E-state index in [0.29, 0.717) is 10.9 Å². The van der Waals surface area contributed by atoms with Gasteiger partial charge in [0.05, 0.1) is 6.10 Å². The summed E-state index contributed by atoms with van der Waals surface area (Å²) in [6, 6.07) is 6.03. The van der Waals surface area contributed by atoms with Crippen LogP contribution in [-0.2, 0) is 0 Å². The molecule has 0 amide bonds. The molecule has 1 atom stereocenters. The summed E-state index contributed by atoms with van der Waals surface area (Å²) >= 11 is 1.43. The summed E-state index contributed by atoms with van der Waals surface area (Å²) in [7, 11) is 0. The second kappa shape index (κ2) is 7.43.